The van der Waals surface area contributed by atoms with Gasteiger partial charge < -0.3 is 0 Å². The fraction of sp³-hybridized carbons (Fsp3) is 0.130. The summed E-state index contributed by atoms with van der Waals surface area (Å²) in [6.45, 7) is 2.00. The lowest BCUT2D eigenvalue weighted by Crippen LogP contribution is -2.32. The van der Waals surface area contributed by atoms with Crippen LogP contribution in [-0.4, -0.2) is 23.6 Å². The number of hydrogen-bond donors (Lipinski definition) is 0. The third kappa shape index (κ3) is 3.24. The van der Waals surface area contributed by atoms with Crippen LogP contribution in [0, 0.1) is 5.82 Å². The molecular weight excluding hydrogens is 387 g/mol. The van der Waals surface area contributed by atoms with Gasteiger partial charge in [0.15, 0.2) is 0 Å². The number of hydrogen-bond acceptors (Lipinski definition) is 4. The SMILES string of the molecule is CCCc1ccc(-c2ccc(N3C(=O)C=CC3=O)cc2N2C(=O)C=CC2=O)c(F)c1. The minimum absolute atomic E-state index is 0.0992. The summed E-state index contributed by atoms with van der Waals surface area (Å²) in [5.41, 5.74) is 1.63. The van der Waals surface area contributed by atoms with E-state index in [2.05, 4.69) is 0 Å². The molecule has 0 saturated carbocycles. The van der Waals surface area contributed by atoms with Gasteiger partial charge in [-0.1, -0.05) is 31.5 Å². The number of carbonyl (C=O) groups excluding carboxylic acids is 4. The van der Waals surface area contributed by atoms with Crippen molar-refractivity contribution in [3.63, 3.8) is 0 Å². The third-order valence-electron chi connectivity index (χ3n) is 4.96. The number of aryl methyl sites for hydroxylation is 1. The Morgan fingerprint density at radius 1 is 0.733 bits per heavy atom. The average Bonchev–Trinajstić information content (AvgIpc) is 3.23. The van der Waals surface area contributed by atoms with Crippen molar-refractivity contribution in [2.75, 3.05) is 9.80 Å². The first-order valence-electron chi connectivity index (χ1n) is 9.46. The Morgan fingerprint density at radius 3 is 1.87 bits per heavy atom. The first kappa shape index (κ1) is 19.4. The second-order valence-electron chi connectivity index (χ2n) is 6.96. The highest BCUT2D eigenvalue weighted by Gasteiger charge is 2.31. The lowest BCUT2D eigenvalue weighted by molar-refractivity contribution is -0.121. The largest absolute Gasteiger partial charge is 0.269 e. The van der Waals surface area contributed by atoms with Crippen LogP contribution in [0.2, 0.25) is 0 Å². The van der Waals surface area contributed by atoms with E-state index in [0.29, 0.717) is 5.56 Å². The number of rotatable bonds is 5. The van der Waals surface area contributed by atoms with Crippen LogP contribution in [0.5, 0.6) is 0 Å². The second-order valence-corrected chi connectivity index (χ2v) is 6.96. The van der Waals surface area contributed by atoms with Crippen LogP contribution in [0.3, 0.4) is 0 Å². The summed E-state index contributed by atoms with van der Waals surface area (Å²) in [7, 11) is 0. The van der Waals surface area contributed by atoms with E-state index in [0.717, 1.165) is 52.5 Å². The fourth-order valence-electron chi connectivity index (χ4n) is 3.59. The van der Waals surface area contributed by atoms with Crippen molar-refractivity contribution < 1.29 is 23.6 Å². The summed E-state index contributed by atoms with van der Waals surface area (Å²) in [4.78, 5) is 50.6. The van der Waals surface area contributed by atoms with Crippen LogP contribution < -0.4 is 9.80 Å². The summed E-state index contributed by atoms with van der Waals surface area (Å²) in [6.07, 6.45) is 6.10. The van der Waals surface area contributed by atoms with Crippen molar-refractivity contribution in [1.29, 1.82) is 0 Å². The Bertz CT molecular complexity index is 1130. The molecule has 0 bridgehead atoms. The molecule has 0 N–H and O–H groups in total. The number of anilines is 2. The minimum atomic E-state index is -0.585. The zero-order chi connectivity index (χ0) is 21.4. The predicted octanol–water partition coefficient (Wildman–Crippen LogP) is 3.30. The minimum Gasteiger partial charge on any atom is -0.269 e. The van der Waals surface area contributed by atoms with Crippen molar-refractivity contribution in [2.45, 2.75) is 19.8 Å². The van der Waals surface area contributed by atoms with Gasteiger partial charge in [0.1, 0.15) is 5.82 Å². The van der Waals surface area contributed by atoms with Crippen LogP contribution in [0.1, 0.15) is 18.9 Å². The van der Waals surface area contributed by atoms with Crippen molar-refractivity contribution >= 4 is 35.0 Å². The zero-order valence-corrected chi connectivity index (χ0v) is 16.1. The highest BCUT2D eigenvalue weighted by molar-refractivity contribution is 6.31. The van der Waals surface area contributed by atoms with E-state index in [1.54, 1.807) is 12.1 Å². The van der Waals surface area contributed by atoms with E-state index in [1.165, 1.54) is 24.3 Å². The third-order valence-corrected chi connectivity index (χ3v) is 4.96. The zero-order valence-electron chi connectivity index (χ0n) is 16.1. The van der Waals surface area contributed by atoms with E-state index in [-0.39, 0.29) is 16.9 Å². The molecule has 0 spiro atoms. The van der Waals surface area contributed by atoms with Gasteiger partial charge in [0.2, 0.25) is 0 Å². The second kappa shape index (κ2) is 7.51. The molecule has 0 saturated heterocycles. The van der Waals surface area contributed by atoms with E-state index >= 15 is 0 Å². The number of imide groups is 2. The highest BCUT2D eigenvalue weighted by Crippen LogP contribution is 2.38. The molecule has 0 aliphatic carbocycles. The highest BCUT2D eigenvalue weighted by atomic mass is 19.1. The van der Waals surface area contributed by atoms with E-state index in [1.807, 2.05) is 6.92 Å². The first-order chi connectivity index (χ1) is 14.4. The van der Waals surface area contributed by atoms with Crippen molar-refractivity contribution in [3.8, 4) is 11.1 Å². The standard InChI is InChI=1S/C23H17FN2O4/c1-2-3-14-4-6-16(18(24)12-14)17-7-5-15(25-20(27)8-9-21(25)28)13-19(17)26-22(29)10-11-23(26)30/h4-13H,2-3H2,1H3. The van der Waals surface area contributed by atoms with Gasteiger partial charge in [0.25, 0.3) is 23.6 Å². The molecule has 2 aromatic rings. The molecule has 0 unspecified atom stereocenters. The topological polar surface area (TPSA) is 74.8 Å². The van der Waals surface area contributed by atoms with Crippen LogP contribution in [0.15, 0.2) is 60.7 Å². The Labute approximate surface area is 171 Å². The molecule has 6 nitrogen and oxygen atoms in total. The average molecular weight is 404 g/mol. The van der Waals surface area contributed by atoms with Gasteiger partial charge in [-0.05, 0) is 30.2 Å². The summed E-state index contributed by atoms with van der Waals surface area (Å²) < 4.78 is 14.9. The maximum atomic E-state index is 14.9. The molecule has 0 radical (unpaired) electrons. The smallest absolute Gasteiger partial charge is 0.258 e. The van der Waals surface area contributed by atoms with Gasteiger partial charge >= 0.3 is 0 Å². The number of nitrogens with zero attached hydrogens (tertiary/aromatic N) is 2. The molecule has 30 heavy (non-hydrogen) atoms. The lowest BCUT2D eigenvalue weighted by atomic mass is 9.98. The van der Waals surface area contributed by atoms with Gasteiger partial charge in [0, 0.05) is 35.4 Å². The monoisotopic (exact) mass is 404 g/mol. The summed E-state index contributed by atoms with van der Waals surface area (Å²) in [5, 5.41) is 0. The van der Waals surface area contributed by atoms with Gasteiger partial charge in [-0.3, -0.25) is 19.2 Å². The first-order valence-corrected chi connectivity index (χ1v) is 9.46. The Kier molecular flexibility index (Phi) is 4.87. The Morgan fingerprint density at radius 2 is 1.30 bits per heavy atom. The number of carbonyl (C=O) groups is 4. The van der Waals surface area contributed by atoms with Crippen LogP contribution in [-0.2, 0) is 25.6 Å². The van der Waals surface area contributed by atoms with Gasteiger partial charge in [-0.2, -0.15) is 0 Å². The van der Waals surface area contributed by atoms with E-state index in [4.69, 9.17) is 0 Å². The normalized spacial score (nSPS) is 15.8. The van der Waals surface area contributed by atoms with Crippen LogP contribution >= 0.6 is 0 Å². The Balaban J connectivity index is 1.86. The van der Waals surface area contributed by atoms with E-state index < -0.39 is 29.4 Å². The molecule has 2 heterocycles. The van der Waals surface area contributed by atoms with E-state index in [9.17, 15) is 23.6 Å². The molecule has 4 amide bonds. The molecule has 2 aromatic carbocycles. The maximum Gasteiger partial charge on any atom is 0.258 e. The predicted molar refractivity (Wildman–Crippen MR) is 109 cm³/mol. The van der Waals surface area contributed by atoms with Crippen molar-refractivity contribution in [2.24, 2.45) is 0 Å². The number of amides is 4. The summed E-state index contributed by atoms with van der Waals surface area (Å²) >= 11 is 0. The molecule has 0 aromatic heterocycles. The molecule has 4 rings (SSSR count). The molecule has 2 aliphatic heterocycles. The summed E-state index contributed by atoms with van der Waals surface area (Å²) in [5.74, 6) is -2.73. The van der Waals surface area contributed by atoms with Crippen LogP contribution in [0.25, 0.3) is 11.1 Å². The van der Waals surface area contributed by atoms with Gasteiger partial charge in [-0.25, -0.2) is 14.2 Å². The molecule has 2 aliphatic rings. The molecule has 150 valence electrons. The van der Waals surface area contributed by atoms with Crippen molar-refractivity contribution in [1.82, 2.24) is 0 Å². The van der Waals surface area contributed by atoms with Crippen LogP contribution in [0.4, 0.5) is 15.8 Å². The van der Waals surface area contributed by atoms with Gasteiger partial charge in [-0.15, -0.1) is 0 Å². The maximum absolute atomic E-state index is 14.9. The molecule has 0 atom stereocenters. The molecular formula is C23H17FN2O4. The quantitative estimate of drug-likeness (QED) is 0.717. The number of halogens is 1. The molecule has 7 heteroatoms. The van der Waals surface area contributed by atoms with Crippen molar-refractivity contribution in [3.05, 3.63) is 72.1 Å². The number of benzene rings is 2. The lowest BCUT2D eigenvalue weighted by Gasteiger charge is -2.22. The van der Waals surface area contributed by atoms with Gasteiger partial charge in [0.05, 0.1) is 11.4 Å². The molecule has 0 fully saturated rings. The Hall–Kier alpha value is -3.87. The fourth-order valence-corrected chi connectivity index (χ4v) is 3.59. The summed E-state index contributed by atoms with van der Waals surface area (Å²) in [6, 6.07) is 9.19.